The fraction of sp³-hybridized carbons (Fsp3) is 0.308. The van der Waals surface area contributed by atoms with E-state index in [1.165, 1.54) is 76.5 Å². The zero-order valence-corrected chi connectivity index (χ0v) is 49.5. The zero-order chi connectivity index (χ0) is 56.4. The summed E-state index contributed by atoms with van der Waals surface area (Å²) in [6.45, 7) is 15.9. The van der Waals surface area contributed by atoms with Crippen LogP contribution in [-0.2, 0) is 12.8 Å². The topological polar surface area (TPSA) is 36.9 Å². The first kappa shape index (κ1) is 56.1. The largest absolute Gasteiger partial charge is 0.490 e. The van der Waals surface area contributed by atoms with E-state index in [1.807, 2.05) is 0 Å². The van der Waals surface area contributed by atoms with Gasteiger partial charge < -0.3 is 18.9 Å². The van der Waals surface area contributed by atoms with E-state index in [1.54, 1.807) is 0 Å². The van der Waals surface area contributed by atoms with Crippen LogP contribution in [0.4, 0.5) is 0 Å². The molecule has 82 heavy (non-hydrogen) atoms. The summed E-state index contributed by atoms with van der Waals surface area (Å²) in [6, 6.07) is 64.1. The SMILES string of the molecule is CCCCOc1cc(-c2c3ccccc3c(CCCC)c3ccccc23)c(-c2c3ccccc3c(-c3cc(OCCCC)c(OCCCC)cc3-c3c4ccccc4c(CCCC)c4ccccc34)c3ccccc23)cc1OCCCC. The van der Waals surface area contributed by atoms with E-state index in [4.69, 9.17) is 18.9 Å². The third kappa shape index (κ3) is 11.0. The highest BCUT2D eigenvalue weighted by molar-refractivity contribution is 6.27. The molecule has 0 bridgehead atoms. The first-order chi connectivity index (χ1) is 40.5. The molecule has 0 aromatic heterocycles. The van der Waals surface area contributed by atoms with Crippen molar-refractivity contribution in [2.24, 2.45) is 0 Å². The van der Waals surface area contributed by atoms with E-state index in [9.17, 15) is 0 Å². The van der Waals surface area contributed by atoms with Gasteiger partial charge >= 0.3 is 0 Å². The van der Waals surface area contributed by atoms with E-state index < -0.39 is 0 Å². The summed E-state index contributed by atoms with van der Waals surface area (Å²) >= 11 is 0. The summed E-state index contributed by atoms with van der Waals surface area (Å²) in [7, 11) is 0. The number of benzene rings is 11. The lowest BCUT2D eigenvalue weighted by atomic mass is 9.79. The lowest BCUT2D eigenvalue weighted by Crippen LogP contribution is -2.05. The Morgan fingerprint density at radius 3 is 0.610 bits per heavy atom. The predicted octanol–water partition coefficient (Wildman–Crippen LogP) is 22.7. The standard InChI is InChI=1S/C78H82O4/c1-7-13-31-53-55-33-19-23-37-59(55)75(60-38-24-20-34-56(53)60)67-49-71(79-45-15-9-3)73(81-47-17-11-5)51-69(67)77-63-41-27-29-43-65(63)78(66-44-30-28-42-64(66)77)70-52-74(82-48-18-12-6)72(80-46-16-10-4)50-68(70)76-61-39-25-21-35-57(61)54(32-14-8-2)58-36-22-26-40-62(58)76/h19-30,33-44,49-52H,7-18,31-32,45-48H2,1-6H3. The van der Waals surface area contributed by atoms with Crippen molar-refractivity contribution >= 4 is 64.6 Å². The number of fused-ring (bicyclic) bond motifs is 6. The van der Waals surface area contributed by atoms with Gasteiger partial charge in [0, 0.05) is 0 Å². The van der Waals surface area contributed by atoms with Crippen molar-refractivity contribution in [1.82, 2.24) is 0 Å². The molecule has 11 rings (SSSR count). The molecule has 0 aliphatic heterocycles. The zero-order valence-electron chi connectivity index (χ0n) is 49.5. The average Bonchev–Trinajstić information content (AvgIpc) is 3.71. The summed E-state index contributed by atoms with van der Waals surface area (Å²) in [5.74, 6) is 3.14. The molecule has 4 heteroatoms. The Balaban J connectivity index is 1.29. The van der Waals surface area contributed by atoms with Crippen LogP contribution in [0.3, 0.4) is 0 Å². The second-order valence-electron chi connectivity index (χ2n) is 22.4. The highest BCUT2D eigenvalue weighted by Gasteiger charge is 2.28. The van der Waals surface area contributed by atoms with Gasteiger partial charge in [0.15, 0.2) is 23.0 Å². The quantitative estimate of drug-likeness (QED) is 0.0400. The highest BCUT2D eigenvalue weighted by atomic mass is 16.5. The molecule has 0 heterocycles. The summed E-state index contributed by atoms with van der Waals surface area (Å²) in [4.78, 5) is 0. The molecule has 0 saturated heterocycles. The van der Waals surface area contributed by atoms with Gasteiger partial charge in [0.2, 0.25) is 0 Å². The molecule has 0 atom stereocenters. The Morgan fingerprint density at radius 2 is 0.415 bits per heavy atom. The van der Waals surface area contributed by atoms with Gasteiger partial charge in [-0.15, -0.1) is 0 Å². The molecule has 0 fully saturated rings. The van der Waals surface area contributed by atoms with E-state index in [2.05, 4.69) is 211 Å². The van der Waals surface area contributed by atoms with Crippen LogP contribution in [0, 0.1) is 0 Å². The smallest absolute Gasteiger partial charge is 0.161 e. The number of aryl methyl sites for hydroxylation is 2. The van der Waals surface area contributed by atoms with E-state index >= 15 is 0 Å². The molecule has 11 aromatic rings. The molecular formula is C78H82O4. The van der Waals surface area contributed by atoms with Crippen LogP contribution >= 0.6 is 0 Å². The minimum absolute atomic E-state index is 0.602. The maximum atomic E-state index is 6.93. The Kier molecular flexibility index (Phi) is 18.0. The van der Waals surface area contributed by atoms with Crippen LogP contribution in [0.2, 0.25) is 0 Å². The summed E-state index contributed by atoms with van der Waals surface area (Å²) in [5, 5.41) is 14.9. The maximum Gasteiger partial charge on any atom is 0.161 e. The van der Waals surface area contributed by atoms with Crippen LogP contribution in [0.1, 0.15) is 130 Å². The van der Waals surface area contributed by atoms with E-state index in [0.29, 0.717) is 26.4 Å². The number of hydrogen-bond donors (Lipinski definition) is 0. The normalized spacial score (nSPS) is 11.7. The lowest BCUT2D eigenvalue weighted by molar-refractivity contribution is 0.262. The number of unbranched alkanes of at least 4 members (excludes halogenated alkanes) is 6. The van der Waals surface area contributed by atoms with Crippen molar-refractivity contribution < 1.29 is 18.9 Å². The van der Waals surface area contributed by atoms with Crippen molar-refractivity contribution in [1.29, 1.82) is 0 Å². The number of hydrogen-bond acceptors (Lipinski definition) is 4. The van der Waals surface area contributed by atoms with Crippen molar-refractivity contribution in [3.8, 4) is 67.5 Å². The fourth-order valence-electron chi connectivity index (χ4n) is 12.7. The molecule has 4 nitrogen and oxygen atoms in total. The summed E-state index contributed by atoms with van der Waals surface area (Å²) in [5.41, 5.74) is 12.1. The molecular weight excluding hydrogens is 1000 g/mol. The van der Waals surface area contributed by atoms with Crippen LogP contribution in [0.15, 0.2) is 170 Å². The van der Waals surface area contributed by atoms with Gasteiger partial charge in [-0.25, -0.2) is 0 Å². The van der Waals surface area contributed by atoms with Crippen LogP contribution in [-0.4, -0.2) is 26.4 Å². The van der Waals surface area contributed by atoms with Crippen molar-refractivity contribution in [3.63, 3.8) is 0 Å². The van der Waals surface area contributed by atoms with Gasteiger partial charge in [-0.2, -0.15) is 0 Å². The molecule has 11 aromatic carbocycles. The van der Waals surface area contributed by atoms with Gasteiger partial charge in [-0.3, -0.25) is 0 Å². The van der Waals surface area contributed by atoms with Gasteiger partial charge in [0.25, 0.3) is 0 Å². The molecule has 0 aliphatic carbocycles. The molecule has 418 valence electrons. The third-order valence-electron chi connectivity index (χ3n) is 16.8. The third-order valence-corrected chi connectivity index (χ3v) is 16.8. The molecule has 0 unspecified atom stereocenters. The number of rotatable bonds is 26. The molecule has 0 spiro atoms. The molecule has 0 N–H and O–H groups in total. The van der Waals surface area contributed by atoms with Crippen LogP contribution in [0.25, 0.3) is 109 Å². The van der Waals surface area contributed by atoms with Gasteiger partial charge in [0.1, 0.15) is 0 Å². The Morgan fingerprint density at radius 1 is 0.232 bits per heavy atom. The van der Waals surface area contributed by atoms with Crippen molar-refractivity contribution in [3.05, 3.63) is 181 Å². The van der Waals surface area contributed by atoms with Crippen LogP contribution in [0.5, 0.6) is 23.0 Å². The Hall–Kier alpha value is -7.82. The minimum atomic E-state index is 0.602. The van der Waals surface area contributed by atoms with Gasteiger partial charge in [-0.05, 0) is 196 Å². The van der Waals surface area contributed by atoms with E-state index in [-0.39, 0.29) is 0 Å². The monoisotopic (exact) mass is 1080 g/mol. The first-order valence-electron chi connectivity index (χ1n) is 31.2. The molecule has 0 radical (unpaired) electrons. The fourth-order valence-corrected chi connectivity index (χ4v) is 12.7. The van der Waals surface area contributed by atoms with E-state index in [0.717, 1.165) is 157 Å². The van der Waals surface area contributed by atoms with Crippen molar-refractivity contribution in [2.75, 3.05) is 26.4 Å². The Bertz CT molecular complexity index is 3600. The van der Waals surface area contributed by atoms with Crippen molar-refractivity contribution in [2.45, 2.75) is 131 Å². The van der Waals surface area contributed by atoms with Gasteiger partial charge in [0.05, 0.1) is 26.4 Å². The molecule has 0 amide bonds. The molecule has 0 saturated carbocycles. The second kappa shape index (κ2) is 26.4. The lowest BCUT2D eigenvalue weighted by Gasteiger charge is -2.25. The Labute approximate surface area is 487 Å². The summed E-state index contributed by atoms with van der Waals surface area (Å²) in [6.07, 6.45) is 14.5. The highest BCUT2D eigenvalue weighted by Crippen LogP contribution is 2.55. The predicted molar refractivity (Wildman–Crippen MR) is 352 cm³/mol. The summed E-state index contributed by atoms with van der Waals surface area (Å²) < 4.78 is 27.7. The van der Waals surface area contributed by atoms with Crippen LogP contribution < -0.4 is 18.9 Å². The second-order valence-corrected chi connectivity index (χ2v) is 22.4. The van der Waals surface area contributed by atoms with Gasteiger partial charge in [-0.1, -0.05) is 226 Å². The minimum Gasteiger partial charge on any atom is -0.490 e. The first-order valence-corrected chi connectivity index (χ1v) is 31.2. The maximum absolute atomic E-state index is 6.93. The number of ether oxygens (including phenoxy) is 4. The molecule has 0 aliphatic rings. The average molecular weight is 1080 g/mol.